The molecule has 0 radical (unpaired) electrons. The largest absolute Gasteiger partial charge is 0.462 e. The van der Waals surface area contributed by atoms with Gasteiger partial charge < -0.3 is 19.8 Å². The third-order valence-electron chi connectivity index (χ3n) is 7.87. The van der Waals surface area contributed by atoms with Crippen LogP contribution in [0.5, 0.6) is 0 Å². The first-order chi connectivity index (χ1) is 16.4. The Morgan fingerprint density at radius 3 is 2.38 bits per heavy atom. The summed E-state index contributed by atoms with van der Waals surface area (Å²) < 4.78 is 5.57. The molecule has 188 valence electrons. The van der Waals surface area contributed by atoms with E-state index >= 15 is 0 Å². The monoisotopic (exact) mass is 472 g/mol. The molecule has 2 heterocycles. The molecule has 3 aliphatic rings. The van der Waals surface area contributed by atoms with E-state index in [1.54, 1.807) is 0 Å². The van der Waals surface area contributed by atoms with Gasteiger partial charge in [-0.3, -0.25) is 14.5 Å². The molecule has 0 bridgehead atoms. The second-order valence-corrected chi connectivity index (χ2v) is 10.5. The number of nitrogens with zero attached hydrogens (tertiary/aromatic N) is 2. The molecular formula is C27H40N2O5. The molecule has 1 aromatic carbocycles. The topological polar surface area (TPSA) is 90.3 Å². The fourth-order valence-corrected chi connectivity index (χ4v) is 5.27. The van der Waals surface area contributed by atoms with Gasteiger partial charge in [0.25, 0.3) is 0 Å². The Bertz CT molecular complexity index is 804. The summed E-state index contributed by atoms with van der Waals surface area (Å²) in [6, 6.07) is 10.4. The van der Waals surface area contributed by atoms with Gasteiger partial charge >= 0.3 is 5.97 Å². The smallest absolute Gasteiger partial charge is 0.312 e. The van der Waals surface area contributed by atoms with E-state index in [1.165, 1.54) is 5.56 Å². The van der Waals surface area contributed by atoms with Crippen LogP contribution < -0.4 is 0 Å². The maximum Gasteiger partial charge on any atom is 0.312 e. The van der Waals surface area contributed by atoms with Gasteiger partial charge in [-0.05, 0) is 69.5 Å². The average molecular weight is 473 g/mol. The van der Waals surface area contributed by atoms with Gasteiger partial charge in [-0.15, -0.1) is 0 Å². The van der Waals surface area contributed by atoms with Gasteiger partial charge in [-0.2, -0.15) is 0 Å². The van der Waals surface area contributed by atoms with Crippen molar-refractivity contribution in [3.63, 3.8) is 0 Å². The molecule has 1 amide bonds. The number of amides is 1. The summed E-state index contributed by atoms with van der Waals surface area (Å²) in [5, 5.41) is 20.8. The summed E-state index contributed by atoms with van der Waals surface area (Å²) in [6.07, 6.45) is 4.83. The number of carbonyl (C=O) groups excluding carboxylic acids is 2. The highest BCUT2D eigenvalue weighted by atomic mass is 16.5. The summed E-state index contributed by atoms with van der Waals surface area (Å²) in [6.45, 7) is 3.37. The standard InChI is InChI=1S/C27H40N2O5/c30-23-10-15-29(25(32)18-21-8-9-21)14-5-4-11-27(26(33)34-20-24(23)31)12-16-28(17-13-27)19-22-6-2-1-3-7-22/h1-3,6-7,21,23-24,30-31H,4-5,8-20H2/t23-,24+/m0/s1. The van der Waals surface area contributed by atoms with Crippen molar-refractivity contribution in [1.29, 1.82) is 0 Å². The van der Waals surface area contributed by atoms with E-state index in [9.17, 15) is 19.8 Å². The Hall–Kier alpha value is -1.96. The minimum atomic E-state index is -1.14. The van der Waals surface area contributed by atoms with E-state index < -0.39 is 17.6 Å². The van der Waals surface area contributed by atoms with Crippen LogP contribution in [-0.2, 0) is 20.9 Å². The Kier molecular flexibility index (Phi) is 8.61. The lowest BCUT2D eigenvalue weighted by molar-refractivity contribution is -0.165. The molecule has 2 aliphatic heterocycles. The molecular weight excluding hydrogens is 432 g/mol. The summed E-state index contributed by atoms with van der Waals surface area (Å²) in [5.74, 6) is 0.414. The summed E-state index contributed by atoms with van der Waals surface area (Å²) in [5.41, 5.74) is 0.707. The molecule has 1 spiro atoms. The van der Waals surface area contributed by atoms with E-state index in [4.69, 9.17) is 4.74 Å². The molecule has 1 aromatic rings. The zero-order valence-electron chi connectivity index (χ0n) is 20.2. The molecule has 34 heavy (non-hydrogen) atoms. The first kappa shape index (κ1) is 25.1. The number of cyclic esters (lactones) is 1. The number of hydrogen-bond donors (Lipinski definition) is 2. The lowest BCUT2D eigenvalue weighted by Crippen LogP contribution is -2.45. The molecule has 0 aromatic heterocycles. The summed E-state index contributed by atoms with van der Waals surface area (Å²) in [4.78, 5) is 30.2. The lowest BCUT2D eigenvalue weighted by Gasteiger charge is -2.40. The van der Waals surface area contributed by atoms with Gasteiger partial charge in [-0.25, -0.2) is 0 Å². The van der Waals surface area contributed by atoms with Crippen LogP contribution in [0.25, 0.3) is 0 Å². The van der Waals surface area contributed by atoms with Gasteiger partial charge in [0.05, 0.1) is 11.5 Å². The highest BCUT2D eigenvalue weighted by Crippen LogP contribution is 2.39. The molecule has 0 unspecified atom stereocenters. The maximum atomic E-state index is 13.2. The Morgan fingerprint density at radius 1 is 0.941 bits per heavy atom. The first-order valence-electron chi connectivity index (χ1n) is 13.0. The van der Waals surface area contributed by atoms with Crippen molar-refractivity contribution < 1.29 is 24.5 Å². The Morgan fingerprint density at radius 2 is 1.68 bits per heavy atom. The highest BCUT2D eigenvalue weighted by molar-refractivity contribution is 5.77. The zero-order valence-corrected chi connectivity index (χ0v) is 20.2. The summed E-state index contributed by atoms with van der Waals surface area (Å²) in [7, 11) is 0. The quantitative estimate of drug-likeness (QED) is 0.655. The number of esters is 1. The van der Waals surface area contributed by atoms with Crippen LogP contribution in [0, 0.1) is 11.3 Å². The third-order valence-corrected chi connectivity index (χ3v) is 7.87. The molecule has 1 saturated carbocycles. The Balaban J connectivity index is 1.38. The van der Waals surface area contributed by atoms with Crippen LogP contribution >= 0.6 is 0 Å². The van der Waals surface area contributed by atoms with E-state index in [-0.39, 0.29) is 24.9 Å². The van der Waals surface area contributed by atoms with Crippen LogP contribution in [0.15, 0.2) is 30.3 Å². The maximum absolute atomic E-state index is 13.2. The number of likely N-dealkylation sites (tertiary alicyclic amines) is 1. The average Bonchev–Trinajstić information content (AvgIpc) is 3.66. The zero-order chi connectivity index (χ0) is 24.0. The molecule has 2 N–H and O–H groups in total. The fraction of sp³-hybridized carbons (Fsp3) is 0.704. The minimum Gasteiger partial charge on any atom is -0.462 e. The van der Waals surface area contributed by atoms with Crippen molar-refractivity contribution in [2.24, 2.45) is 11.3 Å². The third kappa shape index (κ3) is 6.80. The van der Waals surface area contributed by atoms with Crippen molar-refractivity contribution in [1.82, 2.24) is 9.80 Å². The number of benzene rings is 1. The normalized spacial score (nSPS) is 27.4. The number of carbonyl (C=O) groups is 2. The van der Waals surface area contributed by atoms with Crippen LogP contribution in [0.1, 0.15) is 63.4 Å². The second-order valence-electron chi connectivity index (χ2n) is 10.5. The van der Waals surface area contributed by atoms with Gasteiger partial charge in [0.2, 0.25) is 5.91 Å². The predicted molar refractivity (Wildman–Crippen MR) is 129 cm³/mol. The van der Waals surface area contributed by atoms with E-state index in [0.29, 0.717) is 25.4 Å². The van der Waals surface area contributed by atoms with Crippen molar-refractivity contribution in [3.05, 3.63) is 35.9 Å². The van der Waals surface area contributed by atoms with E-state index in [1.807, 2.05) is 23.1 Å². The van der Waals surface area contributed by atoms with Crippen molar-refractivity contribution in [2.75, 3.05) is 32.8 Å². The summed E-state index contributed by atoms with van der Waals surface area (Å²) >= 11 is 0. The van der Waals surface area contributed by atoms with Crippen LogP contribution in [0.3, 0.4) is 0 Å². The Labute approximate surface area is 203 Å². The number of piperidine rings is 1. The molecule has 2 saturated heterocycles. The highest BCUT2D eigenvalue weighted by Gasteiger charge is 2.42. The lowest BCUT2D eigenvalue weighted by atomic mass is 9.74. The van der Waals surface area contributed by atoms with Gasteiger partial charge in [0.15, 0.2) is 0 Å². The fourth-order valence-electron chi connectivity index (χ4n) is 5.27. The second kappa shape index (κ2) is 11.6. The predicted octanol–water partition coefficient (Wildman–Crippen LogP) is 2.74. The van der Waals surface area contributed by atoms with E-state index in [2.05, 4.69) is 17.0 Å². The first-order valence-corrected chi connectivity index (χ1v) is 13.0. The van der Waals surface area contributed by atoms with Crippen molar-refractivity contribution in [3.8, 4) is 0 Å². The molecule has 3 fully saturated rings. The van der Waals surface area contributed by atoms with Crippen LogP contribution in [-0.4, -0.2) is 76.9 Å². The molecule has 2 atom stereocenters. The number of hydrogen-bond acceptors (Lipinski definition) is 6. The number of ether oxygens (including phenoxy) is 1. The number of rotatable bonds is 4. The SMILES string of the molecule is O=C(CC1CC1)N1CCCCC2(CCN(Cc3ccccc3)CC2)C(=O)OC[C@@H](O)[C@@H](O)CC1. The van der Waals surface area contributed by atoms with Crippen LogP contribution in [0.4, 0.5) is 0 Å². The minimum absolute atomic E-state index is 0.148. The molecule has 1 aliphatic carbocycles. The molecule has 7 heteroatoms. The molecule has 4 rings (SSSR count). The number of aliphatic hydroxyl groups is 2. The van der Waals surface area contributed by atoms with Gasteiger partial charge in [0.1, 0.15) is 12.7 Å². The molecule has 7 nitrogen and oxygen atoms in total. The number of aliphatic hydroxyl groups excluding tert-OH is 2. The van der Waals surface area contributed by atoms with Crippen molar-refractivity contribution in [2.45, 2.75) is 76.5 Å². The van der Waals surface area contributed by atoms with Gasteiger partial charge in [-0.1, -0.05) is 36.8 Å². The van der Waals surface area contributed by atoms with Crippen LogP contribution in [0.2, 0.25) is 0 Å². The van der Waals surface area contributed by atoms with Gasteiger partial charge in [0, 0.05) is 26.1 Å². The van der Waals surface area contributed by atoms with Crippen molar-refractivity contribution >= 4 is 11.9 Å². The van der Waals surface area contributed by atoms with E-state index in [0.717, 1.165) is 64.6 Å².